The quantitative estimate of drug-likeness (QED) is 0.907. The molecule has 1 N–H and O–H groups in total. The fourth-order valence-corrected chi connectivity index (χ4v) is 1.70. The molecule has 0 radical (unpaired) electrons. The van der Waals surface area contributed by atoms with Gasteiger partial charge < -0.3 is 5.32 Å². The Kier molecular flexibility index (Phi) is 3.95. The molecule has 0 spiro atoms. The number of nitrogens with zero attached hydrogens (tertiary/aromatic N) is 1. The van der Waals surface area contributed by atoms with Gasteiger partial charge in [-0.25, -0.2) is 0 Å². The summed E-state index contributed by atoms with van der Waals surface area (Å²) in [5, 5.41) is 12.0. The number of carbonyl (C=O) groups is 1. The summed E-state index contributed by atoms with van der Waals surface area (Å²) in [7, 11) is 0. The molecule has 0 aromatic heterocycles. The topological polar surface area (TPSA) is 52.9 Å². The van der Waals surface area contributed by atoms with Gasteiger partial charge in [-0.3, -0.25) is 4.79 Å². The fraction of sp³-hybridized carbons (Fsp3) is 0.273. The predicted octanol–water partition coefficient (Wildman–Crippen LogP) is 3.59. The number of anilines is 1. The van der Waals surface area contributed by atoms with Gasteiger partial charge in [-0.05, 0) is 48.0 Å². The first-order valence-corrected chi connectivity index (χ1v) is 5.71. The number of halogens is 2. The zero-order chi connectivity index (χ0) is 12.3. The van der Waals surface area contributed by atoms with Crippen LogP contribution in [-0.4, -0.2) is 5.91 Å². The molecule has 0 heterocycles. The largest absolute Gasteiger partial charge is 0.324 e. The minimum Gasteiger partial charge on any atom is -0.324 e. The molecule has 0 fully saturated rings. The molecule has 0 unspecified atom stereocenters. The molecule has 1 aromatic rings. The monoisotopic (exact) mass is 300 g/mol. The highest BCUT2D eigenvalue weighted by molar-refractivity contribution is 9.10. The van der Waals surface area contributed by atoms with Crippen LogP contribution in [0.25, 0.3) is 0 Å². The van der Waals surface area contributed by atoms with Crippen LogP contribution in [0.4, 0.5) is 5.69 Å². The zero-order valence-electron chi connectivity index (χ0n) is 8.84. The summed E-state index contributed by atoms with van der Waals surface area (Å²) < 4.78 is 0.682. The Balaban J connectivity index is 2.91. The average molecular weight is 302 g/mol. The number of hydrogen-bond acceptors (Lipinski definition) is 2. The van der Waals surface area contributed by atoms with Crippen molar-refractivity contribution >= 4 is 39.1 Å². The van der Waals surface area contributed by atoms with Crippen LogP contribution in [0, 0.1) is 16.7 Å². The normalized spacial score (nSPS) is 10.7. The summed E-state index contributed by atoms with van der Waals surface area (Å²) in [4.78, 5) is 11.7. The zero-order valence-corrected chi connectivity index (χ0v) is 11.2. The first-order valence-electron chi connectivity index (χ1n) is 4.54. The molecule has 3 nitrogen and oxygen atoms in total. The lowest BCUT2D eigenvalue weighted by Gasteiger charge is -2.15. The van der Waals surface area contributed by atoms with E-state index < -0.39 is 5.41 Å². The molecule has 0 atom stereocenters. The summed E-state index contributed by atoms with van der Waals surface area (Å²) in [5.41, 5.74) is -0.461. The molecule has 0 aliphatic rings. The van der Waals surface area contributed by atoms with Gasteiger partial charge in [0.2, 0.25) is 5.91 Å². The molecule has 0 aliphatic carbocycles. The Morgan fingerprint density at radius 3 is 2.69 bits per heavy atom. The van der Waals surface area contributed by atoms with E-state index in [2.05, 4.69) is 21.2 Å². The van der Waals surface area contributed by atoms with Gasteiger partial charge in [-0.15, -0.1) is 0 Å². The van der Waals surface area contributed by atoms with Gasteiger partial charge in [-0.1, -0.05) is 11.6 Å². The maximum absolute atomic E-state index is 11.7. The standard InChI is InChI=1S/C11H10BrClN2O/c1-11(2,6-14)10(16)15-9-4-3-7(13)5-8(9)12/h3-5H,1-2H3,(H,15,16). The number of carbonyl (C=O) groups excluding carboxylic acids is 1. The van der Waals surface area contributed by atoms with Gasteiger partial charge in [0, 0.05) is 9.50 Å². The predicted molar refractivity (Wildman–Crippen MR) is 67.2 cm³/mol. The Hall–Kier alpha value is -1.05. The van der Waals surface area contributed by atoms with Crippen LogP contribution in [0.1, 0.15) is 13.8 Å². The van der Waals surface area contributed by atoms with Crippen LogP contribution < -0.4 is 5.32 Å². The first kappa shape index (κ1) is 13.0. The van der Waals surface area contributed by atoms with E-state index in [4.69, 9.17) is 16.9 Å². The van der Waals surface area contributed by atoms with Crippen molar-refractivity contribution in [2.45, 2.75) is 13.8 Å². The van der Waals surface area contributed by atoms with Crippen LogP contribution in [0.15, 0.2) is 22.7 Å². The van der Waals surface area contributed by atoms with Crippen molar-refractivity contribution in [2.24, 2.45) is 5.41 Å². The molecule has 0 aliphatic heterocycles. The molecule has 84 valence electrons. The van der Waals surface area contributed by atoms with Gasteiger partial charge in [0.15, 0.2) is 0 Å². The second-order valence-electron chi connectivity index (χ2n) is 3.82. The van der Waals surface area contributed by atoms with Crippen LogP contribution in [0.5, 0.6) is 0 Å². The molecular formula is C11H10BrClN2O. The molecule has 1 aromatic carbocycles. The van der Waals surface area contributed by atoms with Crippen molar-refractivity contribution in [3.05, 3.63) is 27.7 Å². The van der Waals surface area contributed by atoms with E-state index in [1.165, 1.54) is 0 Å². The highest BCUT2D eigenvalue weighted by atomic mass is 79.9. The maximum Gasteiger partial charge on any atom is 0.244 e. The van der Waals surface area contributed by atoms with Crippen molar-refractivity contribution < 1.29 is 4.79 Å². The fourth-order valence-electron chi connectivity index (χ4n) is 0.920. The lowest BCUT2D eigenvalue weighted by Crippen LogP contribution is -2.29. The minimum absolute atomic E-state index is 0.349. The molecule has 5 heteroatoms. The number of amides is 1. The van der Waals surface area contributed by atoms with Gasteiger partial charge in [-0.2, -0.15) is 5.26 Å². The van der Waals surface area contributed by atoms with Crippen LogP contribution in [-0.2, 0) is 4.79 Å². The van der Waals surface area contributed by atoms with E-state index in [-0.39, 0.29) is 5.91 Å². The number of nitrogens with one attached hydrogen (secondary N) is 1. The summed E-state index contributed by atoms with van der Waals surface area (Å²) in [6.07, 6.45) is 0. The van der Waals surface area contributed by atoms with Gasteiger partial charge in [0.25, 0.3) is 0 Å². The Morgan fingerprint density at radius 2 is 2.19 bits per heavy atom. The molecular weight excluding hydrogens is 291 g/mol. The summed E-state index contributed by atoms with van der Waals surface area (Å²) in [6.45, 7) is 3.12. The maximum atomic E-state index is 11.7. The molecule has 16 heavy (non-hydrogen) atoms. The van der Waals surface area contributed by atoms with Crippen molar-refractivity contribution in [3.63, 3.8) is 0 Å². The van der Waals surface area contributed by atoms with Gasteiger partial charge >= 0.3 is 0 Å². The van der Waals surface area contributed by atoms with Gasteiger partial charge in [0.05, 0.1) is 11.8 Å². The van der Waals surface area contributed by atoms with E-state index in [0.717, 1.165) is 0 Å². The number of nitriles is 1. The molecule has 0 bridgehead atoms. The highest BCUT2D eigenvalue weighted by Crippen LogP contribution is 2.27. The molecule has 0 saturated heterocycles. The van der Waals surface area contributed by atoms with Crippen LogP contribution in [0.2, 0.25) is 5.02 Å². The second-order valence-corrected chi connectivity index (χ2v) is 5.11. The lowest BCUT2D eigenvalue weighted by molar-refractivity contribution is -0.121. The van der Waals surface area contributed by atoms with Crippen molar-refractivity contribution in [1.82, 2.24) is 0 Å². The molecule has 0 saturated carbocycles. The third-order valence-corrected chi connectivity index (χ3v) is 2.92. The van der Waals surface area contributed by atoms with E-state index >= 15 is 0 Å². The Bertz CT molecular complexity index is 466. The van der Waals surface area contributed by atoms with Crippen LogP contribution in [0.3, 0.4) is 0 Å². The second kappa shape index (κ2) is 4.86. The van der Waals surface area contributed by atoms with E-state index in [9.17, 15) is 4.79 Å². The van der Waals surface area contributed by atoms with E-state index in [1.54, 1.807) is 32.0 Å². The third kappa shape index (κ3) is 2.97. The number of rotatable bonds is 2. The Morgan fingerprint density at radius 1 is 1.56 bits per heavy atom. The minimum atomic E-state index is -1.06. The number of hydrogen-bond donors (Lipinski definition) is 1. The number of benzene rings is 1. The third-order valence-electron chi connectivity index (χ3n) is 2.03. The summed E-state index contributed by atoms with van der Waals surface area (Å²) in [6, 6.07) is 6.96. The van der Waals surface area contributed by atoms with Crippen molar-refractivity contribution in [3.8, 4) is 6.07 Å². The SMILES string of the molecule is CC(C)(C#N)C(=O)Nc1ccc(Cl)cc1Br. The molecule has 1 rings (SSSR count). The average Bonchev–Trinajstić information content (AvgIpc) is 2.22. The first-order chi connectivity index (χ1) is 7.36. The van der Waals surface area contributed by atoms with Crippen molar-refractivity contribution in [1.29, 1.82) is 5.26 Å². The summed E-state index contributed by atoms with van der Waals surface area (Å²) >= 11 is 9.06. The Labute approximate surface area is 108 Å². The van der Waals surface area contributed by atoms with Crippen LogP contribution >= 0.6 is 27.5 Å². The molecule has 1 amide bonds. The van der Waals surface area contributed by atoms with Gasteiger partial charge in [0.1, 0.15) is 5.41 Å². The van der Waals surface area contributed by atoms with E-state index in [1.807, 2.05) is 6.07 Å². The highest BCUT2D eigenvalue weighted by Gasteiger charge is 2.27. The van der Waals surface area contributed by atoms with E-state index in [0.29, 0.717) is 15.2 Å². The lowest BCUT2D eigenvalue weighted by atomic mass is 9.95. The van der Waals surface area contributed by atoms with Crippen molar-refractivity contribution in [2.75, 3.05) is 5.32 Å². The smallest absolute Gasteiger partial charge is 0.244 e. The summed E-state index contributed by atoms with van der Waals surface area (Å²) in [5.74, 6) is -0.349.